The third-order valence-electron chi connectivity index (χ3n) is 3.80. The highest BCUT2D eigenvalue weighted by atomic mass is 35.5. The van der Waals surface area contributed by atoms with Crippen LogP contribution < -0.4 is 5.32 Å². The van der Waals surface area contributed by atoms with E-state index in [-0.39, 0.29) is 11.9 Å². The van der Waals surface area contributed by atoms with Gasteiger partial charge in [-0.15, -0.1) is 0 Å². The summed E-state index contributed by atoms with van der Waals surface area (Å²) in [7, 11) is 1.72. The first kappa shape index (κ1) is 14.5. The molecule has 1 aliphatic rings. The van der Waals surface area contributed by atoms with Gasteiger partial charge >= 0.3 is 0 Å². The Morgan fingerprint density at radius 2 is 2.24 bits per heavy atom. The number of fused-ring (bicyclic) bond motifs is 1. The quantitative estimate of drug-likeness (QED) is 0.922. The van der Waals surface area contributed by atoms with Crippen LogP contribution in [0.5, 0.6) is 0 Å². The van der Waals surface area contributed by atoms with Crippen LogP contribution in [0.3, 0.4) is 0 Å². The number of carbonyl (C=O) groups excluding carboxylic acids is 1. The third kappa shape index (κ3) is 2.68. The summed E-state index contributed by atoms with van der Waals surface area (Å²) in [6.07, 6.45) is 3.77. The normalized spacial score (nSPS) is 17.6. The number of aromatic nitrogens is 3. The number of halogens is 2. The van der Waals surface area contributed by atoms with Gasteiger partial charge in [0.2, 0.25) is 0 Å². The lowest BCUT2D eigenvalue weighted by atomic mass is 10.1. The zero-order chi connectivity index (χ0) is 15.1. The number of hydrogen-bond donors (Lipinski definition) is 1. The van der Waals surface area contributed by atoms with E-state index in [1.807, 2.05) is 13.1 Å². The molecule has 1 aliphatic heterocycles. The first-order valence-corrected chi connectivity index (χ1v) is 7.55. The van der Waals surface area contributed by atoms with Crippen molar-refractivity contribution in [1.29, 1.82) is 0 Å². The van der Waals surface area contributed by atoms with Crippen molar-refractivity contribution >= 4 is 29.1 Å². The van der Waals surface area contributed by atoms with Gasteiger partial charge in [-0.3, -0.25) is 4.79 Å². The molecule has 0 aromatic carbocycles. The summed E-state index contributed by atoms with van der Waals surface area (Å²) in [5, 5.41) is 3.80. The van der Waals surface area contributed by atoms with Gasteiger partial charge in [0.05, 0.1) is 10.7 Å². The summed E-state index contributed by atoms with van der Waals surface area (Å²) in [4.78, 5) is 16.8. The van der Waals surface area contributed by atoms with Gasteiger partial charge in [0.1, 0.15) is 16.7 Å². The molecule has 0 aliphatic carbocycles. The minimum Gasteiger partial charge on any atom is -0.346 e. The fourth-order valence-corrected chi connectivity index (χ4v) is 3.10. The van der Waals surface area contributed by atoms with Crippen molar-refractivity contribution in [1.82, 2.24) is 19.4 Å². The second-order valence-electron chi connectivity index (χ2n) is 5.39. The van der Waals surface area contributed by atoms with Crippen molar-refractivity contribution in [2.24, 2.45) is 7.05 Å². The minimum atomic E-state index is -0.156. The molecular weight excluding hydrogens is 311 g/mol. The number of amides is 1. The van der Waals surface area contributed by atoms with E-state index in [0.717, 1.165) is 30.9 Å². The molecule has 7 heteroatoms. The second kappa shape index (κ2) is 5.39. The summed E-state index contributed by atoms with van der Waals surface area (Å²) in [6, 6.07) is 1.68. The van der Waals surface area contributed by atoms with Gasteiger partial charge in [0.15, 0.2) is 0 Å². The van der Waals surface area contributed by atoms with E-state index in [1.54, 1.807) is 17.7 Å². The first-order valence-electron chi connectivity index (χ1n) is 6.80. The van der Waals surface area contributed by atoms with Crippen LogP contribution >= 0.6 is 23.2 Å². The van der Waals surface area contributed by atoms with Gasteiger partial charge in [-0.2, -0.15) is 0 Å². The number of nitrogens with zero attached hydrogens (tertiary/aromatic N) is 3. The van der Waals surface area contributed by atoms with Crippen molar-refractivity contribution in [3.63, 3.8) is 0 Å². The van der Waals surface area contributed by atoms with Gasteiger partial charge in [-0.25, -0.2) is 4.98 Å². The largest absolute Gasteiger partial charge is 0.346 e. The Morgan fingerprint density at radius 3 is 2.90 bits per heavy atom. The lowest BCUT2D eigenvalue weighted by Gasteiger charge is -2.24. The smallest absolute Gasteiger partial charge is 0.268 e. The Bertz CT molecular complexity index is 704. The Morgan fingerprint density at radius 1 is 1.48 bits per heavy atom. The molecule has 3 heterocycles. The van der Waals surface area contributed by atoms with E-state index in [0.29, 0.717) is 15.9 Å². The van der Waals surface area contributed by atoms with Crippen molar-refractivity contribution in [3.05, 3.63) is 39.7 Å². The van der Waals surface area contributed by atoms with E-state index in [2.05, 4.69) is 14.9 Å². The highest BCUT2D eigenvalue weighted by molar-refractivity contribution is 6.41. The summed E-state index contributed by atoms with van der Waals surface area (Å²) in [5.74, 6) is 0.930. The maximum atomic E-state index is 12.3. The van der Waals surface area contributed by atoms with Gasteiger partial charge in [0.25, 0.3) is 5.91 Å². The topological polar surface area (TPSA) is 51.9 Å². The number of rotatable bonds is 2. The molecule has 0 unspecified atom stereocenters. The summed E-state index contributed by atoms with van der Waals surface area (Å²) in [5.41, 5.74) is 1.48. The van der Waals surface area contributed by atoms with E-state index in [9.17, 15) is 4.79 Å². The van der Waals surface area contributed by atoms with Crippen molar-refractivity contribution < 1.29 is 4.79 Å². The van der Waals surface area contributed by atoms with Crippen LogP contribution in [-0.4, -0.2) is 26.1 Å². The Labute approximate surface area is 132 Å². The molecule has 112 valence electrons. The summed E-state index contributed by atoms with van der Waals surface area (Å²) < 4.78 is 3.70. The standard InChI is InChI=1S/C14H16Cl2N4O/c1-8-6-20-7-9(3-4-12(20)17-8)18-14(21)11-5-10(15)13(16)19(11)2/h5-6,9H,3-4,7H2,1-2H3,(H,18,21)/t9-/m1/s1. The maximum Gasteiger partial charge on any atom is 0.268 e. The molecule has 2 aromatic heterocycles. The van der Waals surface area contributed by atoms with E-state index in [1.165, 1.54) is 0 Å². The lowest BCUT2D eigenvalue weighted by Crippen LogP contribution is -2.41. The first-order chi connectivity index (χ1) is 9.95. The number of imidazole rings is 1. The van der Waals surface area contributed by atoms with Gasteiger partial charge < -0.3 is 14.5 Å². The number of aryl methyl sites for hydroxylation is 2. The van der Waals surface area contributed by atoms with Crippen molar-refractivity contribution in [3.8, 4) is 0 Å². The molecule has 0 bridgehead atoms. The Hall–Kier alpha value is -1.46. The molecule has 5 nitrogen and oxygen atoms in total. The maximum absolute atomic E-state index is 12.3. The van der Waals surface area contributed by atoms with Crippen LogP contribution in [0.1, 0.15) is 28.4 Å². The Balaban J connectivity index is 1.73. The molecular formula is C14H16Cl2N4O. The number of nitrogens with one attached hydrogen (secondary N) is 1. The van der Waals surface area contributed by atoms with Crippen molar-refractivity contribution in [2.75, 3.05) is 0 Å². The fraction of sp³-hybridized carbons (Fsp3) is 0.429. The highest BCUT2D eigenvalue weighted by Gasteiger charge is 2.23. The second-order valence-corrected chi connectivity index (χ2v) is 6.15. The summed E-state index contributed by atoms with van der Waals surface area (Å²) >= 11 is 11.9. The van der Waals surface area contributed by atoms with Gasteiger partial charge in [-0.1, -0.05) is 23.2 Å². The predicted molar refractivity (Wildman–Crippen MR) is 82.0 cm³/mol. The highest BCUT2D eigenvalue weighted by Crippen LogP contribution is 2.25. The Kier molecular flexibility index (Phi) is 3.71. The van der Waals surface area contributed by atoms with Gasteiger partial charge in [0, 0.05) is 32.3 Å². The molecule has 0 spiro atoms. The van der Waals surface area contributed by atoms with Crippen LogP contribution in [-0.2, 0) is 20.0 Å². The SMILES string of the molecule is Cc1cn2c(n1)CC[C@@H](NC(=O)c1cc(Cl)c(Cl)n1C)C2. The molecule has 0 radical (unpaired) electrons. The molecule has 2 aromatic rings. The molecule has 1 N–H and O–H groups in total. The summed E-state index contributed by atoms with van der Waals surface area (Å²) in [6.45, 7) is 2.72. The molecule has 3 rings (SSSR count). The van der Waals surface area contributed by atoms with Crippen LogP contribution in [0.25, 0.3) is 0 Å². The van der Waals surface area contributed by atoms with Crippen LogP contribution in [0, 0.1) is 6.92 Å². The van der Waals surface area contributed by atoms with Crippen LogP contribution in [0.2, 0.25) is 10.2 Å². The molecule has 0 fully saturated rings. The molecule has 1 amide bonds. The minimum absolute atomic E-state index is 0.0889. The van der Waals surface area contributed by atoms with E-state index >= 15 is 0 Å². The van der Waals surface area contributed by atoms with Gasteiger partial charge in [-0.05, 0) is 19.4 Å². The molecule has 1 atom stereocenters. The monoisotopic (exact) mass is 326 g/mol. The molecule has 0 saturated heterocycles. The molecule has 0 saturated carbocycles. The number of hydrogen-bond acceptors (Lipinski definition) is 2. The van der Waals surface area contributed by atoms with Crippen LogP contribution in [0.15, 0.2) is 12.3 Å². The third-order valence-corrected chi connectivity index (χ3v) is 4.64. The van der Waals surface area contributed by atoms with E-state index in [4.69, 9.17) is 23.2 Å². The average Bonchev–Trinajstić information content (AvgIpc) is 2.92. The van der Waals surface area contributed by atoms with Crippen LogP contribution in [0.4, 0.5) is 0 Å². The predicted octanol–water partition coefficient (Wildman–Crippen LogP) is 2.58. The zero-order valence-electron chi connectivity index (χ0n) is 11.9. The number of carbonyl (C=O) groups is 1. The van der Waals surface area contributed by atoms with E-state index < -0.39 is 0 Å². The molecule has 21 heavy (non-hydrogen) atoms. The average molecular weight is 327 g/mol. The fourth-order valence-electron chi connectivity index (χ4n) is 2.72. The lowest BCUT2D eigenvalue weighted by molar-refractivity contribution is 0.0919. The zero-order valence-corrected chi connectivity index (χ0v) is 13.4. The van der Waals surface area contributed by atoms with Crippen molar-refractivity contribution in [2.45, 2.75) is 32.4 Å².